The van der Waals surface area contributed by atoms with Crippen LogP contribution in [0.3, 0.4) is 0 Å². The van der Waals surface area contributed by atoms with Crippen molar-refractivity contribution in [2.45, 2.75) is 0 Å². The Hall–Kier alpha value is -7.21. The molecule has 0 amide bonds. The number of benzene rings is 8. The van der Waals surface area contributed by atoms with E-state index in [2.05, 4.69) is 140 Å². The zero-order chi connectivity index (χ0) is 37.0. The molecule has 0 aliphatic carbocycles. The minimum Gasteiger partial charge on any atom is -0.455 e. The maximum atomic E-state index is 6.65. The second-order valence-electron chi connectivity index (χ2n) is 14.0. The molecule has 11 rings (SSSR count). The maximum Gasteiger partial charge on any atom is 0.164 e. The summed E-state index contributed by atoms with van der Waals surface area (Å²) in [4.78, 5) is 15.0. The van der Waals surface area contributed by atoms with Gasteiger partial charge < -0.3 is 4.42 Å². The number of rotatable bonds is 6. The second-order valence-corrected chi connectivity index (χ2v) is 15.1. The highest BCUT2D eigenvalue weighted by Crippen LogP contribution is 2.40. The van der Waals surface area contributed by atoms with E-state index in [9.17, 15) is 0 Å². The van der Waals surface area contributed by atoms with Gasteiger partial charge in [-0.15, -0.1) is 11.3 Å². The largest absolute Gasteiger partial charge is 0.455 e. The van der Waals surface area contributed by atoms with Crippen LogP contribution < -0.4 is 0 Å². The fourth-order valence-electron chi connectivity index (χ4n) is 7.73. The van der Waals surface area contributed by atoms with Gasteiger partial charge in [-0.2, -0.15) is 0 Å². The van der Waals surface area contributed by atoms with Gasteiger partial charge in [0.1, 0.15) is 11.2 Å². The van der Waals surface area contributed by atoms with Crippen LogP contribution in [0, 0.1) is 0 Å². The van der Waals surface area contributed by atoms with Crippen LogP contribution in [0.5, 0.6) is 0 Å². The highest BCUT2D eigenvalue weighted by Gasteiger charge is 2.17. The molecule has 0 N–H and O–H groups in total. The van der Waals surface area contributed by atoms with Crippen molar-refractivity contribution in [1.29, 1.82) is 0 Å². The second kappa shape index (κ2) is 13.3. The standard InChI is InChI=1S/C51H31N3OS/c1-3-11-32(12-4-1)33-21-23-35(24-22-33)50-52-49(34-13-5-2-6-14-34)53-51(54-50)39-26-28-45-44(30-39)43-19-10-18-40(48(43)55-45)38-16-9-15-36(29-38)37-25-27-42-41-17-7-8-20-46(41)56-47(42)31-37/h1-31H. The van der Waals surface area contributed by atoms with Crippen molar-refractivity contribution in [3.8, 4) is 67.5 Å². The quantitative estimate of drug-likeness (QED) is 0.171. The van der Waals surface area contributed by atoms with E-state index in [0.717, 1.165) is 55.3 Å². The Bertz CT molecular complexity index is 3240. The number of hydrogen-bond acceptors (Lipinski definition) is 5. The summed E-state index contributed by atoms with van der Waals surface area (Å²) in [6.45, 7) is 0. The van der Waals surface area contributed by atoms with E-state index in [1.165, 1.54) is 36.9 Å². The van der Waals surface area contributed by atoms with Gasteiger partial charge in [-0.3, -0.25) is 0 Å². The number of fused-ring (bicyclic) bond motifs is 6. The number of thiophene rings is 1. The summed E-state index contributed by atoms with van der Waals surface area (Å²) in [5, 5.41) is 4.68. The molecule has 4 nitrogen and oxygen atoms in total. The fourth-order valence-corrected chi connectivity index (χ4v) is 8.87. The molecule has 5 heteroatoms. The predicted octanol–water partition coefficient (Wildman–Crippen LogP) is 14.1. The molecule has 11 aromatic rings. The molecule has 0 atom stereocenters. The summed E-state index contributed by atoms with van der Waals surface area (Å²) < 4.78 is 9.26. The van der Waals surface area contributed by atoms with Crippen molar-refractivity contribution in [3.63, 3.8) is 0 Å². The molecule has 0 fully saturated rings. The first-order valence-electron chi connectivity index (χ1n) is 18.7. The Morgan fingerprint density at radius 1 is 0.321 bits per heavy atom. The molecule has 3 heterocycles. The van der Waals surface area contributed by atoms with Gasteiger partial charge in [0.15, 0.2) is 17.5 Å². The predicted molar refractivity (Wildman–Crippen MR) is 233 cm³/mol. The molecule has 0 aliphatic rings. The van der Waals surface area contributed by atoms with Crippen molar-refractivity contribution in [3.05, 3.63) is 188 Å². The zero-order valence-corrected chi connectivity index (χ0v) is 30.9. The molecule has 0 aliphatic heterocycles. The minimum absolute atomic E-state index is 0.608. The lowest BCUT2D eigenvalue weighted by molar-refractivity contribution is 0.670. The van der Waals surface area contributed by atoms with E-state index in [1.807, 2.05) is 59.9 Å². The Morgan fingerprint density at radius 2 is 0.857 bits per heavy atom. The van der Waals surface area contributed by atoms with Gasteiger partial charge in [-0.25, -0.2) is 15.0 Å². The van der Waals surface area contributed by atoms with Crippen LogP contribution in [-0.2, 0) is 0 Å². The summed E-state index contributed by atoms with van der Waals surface area (Å²) in [5.41, 5.74) is 11.3. The van der Waals surface area contributed by atoms with Crippen molar-refractivity contribution in [2.75, 3.05) is 0 Å². The van der Waals surface area contributed by atoms with Gasteiger partial charge in [0.25, 0.3) is 0 Å². The smallest absolute Gasteiger partial charge is 0.164 e. The van der Waals surface area contributed by atoms with Crippen molar-refractivity contribution in [2.24, 2.45) is 0 Å². The summed E-state index contributed by atoms with van der Waals surface area (Å²) in [7, 11) is 0. The van der Waals surface area contributed by atoms with Crippen LogP contribution in [-0.4, -0.2) is 15.0 Å². The monoisotopic (exact) mass is 733 g/mol. The zero-order valence-electron chi connectivity index (χ0n) is 30.1. The molecule has 0 spiro atoms. The summed E-state index contributed by atoms with van der Waals surface area (Å²) in [5.74, 6) is 1.86. The molecule has 8 aromatic carbocycles. The number of hydrogen-bond donors (Lipinski definition) is 0. The third kappa shape index (κ3) is 5.65. The molecular weight excluding hydrogens is 703 g/mol. The van der Waals surface area contributed by atoms with Gasteiger partial charge in [0.05, 0.1) is 0 Å². The van der Waals surface area contributed by atoms with Crippen molar-refractivity contribution >= 4 is 53.4 Å². The number of nitrogens with zero attached hydrogens (tertiary/aromatic N) is 3. The van der Waals surface area contributed by atoms with E-state index in [4.69, 9.17) is 19.4 Å². The summed E-state index contributed by atoms with van der Waals surface area (Å²) in [6.07, 6.45) is 0. The van der Waals surface area contributed by atoms with Crippen LogP contribution in [0.2, 0.25) is 0 Å². The van der Waals surface area contributed by atoms with E-state index >= 15 is 0 Å². The molecule has 0 unspecified atom stereocenters. The van der Waals surface area contributed by atoms with Gasteiger partial charge in [0.2, 0.25) is 0 Å². The van der Waals surface area contributed by atoms with Crippen LogP contribution in [0.25, 0.3) is 110 Å². The third-order valence-corrected chi connectivity index (χ3v) is 11.7. The lowest BCUT2D eigenvalue weighted by Crippen LogP contribution is -2.00. The van der Waals surface area contributed by atoms with Gasteiger partial charge in [0, 0.05) is 53.2 Å². The Labute approximate surface area is 327 Å². The Balaban J connectivity index is 0.988. The average Bonchev–Trinajstić information content (AvgIpc) is 3.85. The van der Waals surface area contributed by atoms with E-state index < -0.39 is 0 Å². The van der Waals surface area contributed by atoms with Crippen LogP contribution >= 0.6 is 11.3 Å². The van der Waals surface area contributed by atoms with Crippen LogP contribution in [0.1, 0.15) is 0 Å². The Morgan fingerprint density at radius 3 is 1.66 bits per heavy atom. The van der Waals surface area contributed by atoms with Gasteiger partial charge in [-0.1, -0.05) is 152 Å². The normalized spacial score (nSPS) is 11.6. The highest BCUT2D eigenvalue weighted by molar-refractivity contribution is 7.25. The molecule has 0 radical (unpaired) electrons. The van der Waals surface area contributed by atoms with Gasteiger partial charge >= 0.3 is 0 Å². The SMILES string of the molecule is c1ccc(-c2ccc(-c3nc(-c4ccccc4)nc(-c4ccc5oc6c(-c7cccc(-c8ccc9c(c8)sc8ccccc89)c7)cccc6c5c4)n3)cc2)cc1. The first-order valence-corrected chi connectivity index (χ1v) is 19.5. The number of furan rings is 1. The maximum absolute atomic E-state index is 6.65. The molecular formula is C51H31N3OS. The molecule has 0 saturated heterocycles. The first kappa shape index (κ1) is 32.2. The molecule has 0 bridgehead atoms. The lowest BCUT2D eigenvalue weighted by atomic mass is 9.97. The minimum atomic E-state index is 0.608. The summed E-state index contributed by atoms with van der Waals surface area (Å²) >= 11 is 1.85. The highest BCUT2D eigenvalue weighted by atomic mass is 32.1. The Kier molecular flexibility index (Phi) is 7.64. The molecule has 3 aromatic heterocycles. The van der Waals surface area contributed by atoms with Gasteiger partial charge in [-0.05, 0) is 64.2 Å². The molecule has 262 valence electrons. The fraction of sp³-hybridized carbons (Fsp3) is 0. The summed E-state index contributed by atoms with van der Waals surface area (Å²) in [6, 6.07) is 65.7. The third-order valence-electron chi connectivity index (χ3n) is 10.6. The van der Waals surface area contributed by atoms with Crippen molar-refractivity contribution in [1.82, 2.24) is 15.0 Å². The first-order chi connectivity index (χ1) is 27.7. The van der Waals surface area contributed by atoms with E-state index in [0.29, 0.717) is 17.5 Å². The van der Waals surface area contributed by atoms with E-state index in [1.54, 1.807) is 0 Å². The molecule has 0 saturated carbocycles. The number of para-hydroxylation sites is 1. The van der Waals surface area contributed by atoms with Crippen molar-refractivity contribution < 1.29 is 4.42 Å². The topological polar surface area (TPSA) is 51.8 Å². The van der Waals surface area contributed by atoms with Crippen LogP contribution in [0.4, 0.5) is 0 Å². The van der Waals surface area contributed by atoms with Crippen LogP contribution in [0.15, 0.2) is 192 Å². The van der Waals surface area contributed by atoms with E-state index in [-0.39, 0.29) is 0 Å². The average molecular weight is 734 g/mol. The number of aromatic nitrogens is 3. The lowest BCUT2D eigenvalue weighted by Gasteiger charge is -2.09. The molecule has 56 heavy (non-hydrogen) atoms.